The summed E-state index contributed by atoms with van der Waals surface area (Å²) in [4.78, 5) is 6.76. The Morgan fingerprint density at radius 3 is 2.83 bits per heavy atom. The van der Waals surface area contributed by atoms with E-state index in [2.05, 4.69) is 32.7 Å². The predicted octanol–water partition coefficient (Wildman–Crippen LogP) is 3.37. The standard InChI is InChI=1S/C23H30N4O3/c1-24-23(26-18-8-9-21-22(14-18)30-13-5-12-29-21)25-15-17-10-11-27(16-17)19-6-3-4-7-20(19)28-2/h3-4,6-9,14,17H,5,10-13,15-16H2,1-2H3,(H2,24,25,26). The Balaban J connectivity index is 1.32. The largest absolute Gasteiger partial charge is 0.495 e. The lowest BCUT2D eigenvalue weighted by Crippen LogP contribution is -2.35. The van der Waals surface area contributed by atoms with Crippen LogP contribution in [-0.2, 0) is 0 Å². The second kappa shape index (κ2) is 9.61. The van der Waals surface area contributed by atoms with Crippen molar-refractivity contribution in [2.45, 2.75) is 12.8 Å². The maximum atomic E-state index is 5.78. The maximum Gasteiger partial charge on any atom is 0.195 e. The second-order valence-electron chi connectivity index (χ2n) is 7.56. The Hall–Kier alpha value is -3.09. The zero-order chi connectivity index (χ0) is 20.8. The molecule has 2 aliphatic heterocycles. The third kappa shape index (κ3) is 4.72. The Morgan fingerprint density at radius 1 is 1.17 bits per heavy atom. The molecule has 0 aromatic heterocycles. The number of para-hydroxylation sites is 2. The molecule has 0 saturated carbocycles. The van der Waals surface area contributed by atoms with E-state index < -0.39 is 0 Å². The van der Waals surface area contributed by atoms with E-state index in [1.165, 1.54) is 0 Å². The molecule has 2 aromatic rings. The molecular weight excluding hydrogens is 380 g/mol. The van der Waals surface area contributed by atoms with Crippen molar-refractivity contribution >= 4 is 17.3 Å². The van der Waals surface area contributed by atoms with Crippen molar-refractivity contribution in [3.8, 4) is 17.2 Å². The van der Waals surface area contributed by atoms with E-state index in [-0.39, 0.29) is 0 Å². The average Bonchev–Trinajstić information content (AvgIpc) is 3.13. The van der Waals surface area contributed by atoms with Gasteiger partial charge in [0.2, 0.25) is 0 Å². The molecular formula is C23H30N4O3. The third-order valence-corrected chi connectivity index (χ3v) is 5.50. The molecule has 1 saturated heterocycles. The molecule has 2 N–H and O–H groups in total. The van der Waals surface area contributed by atoms with Gasteiger partial charge in [0.25, 0.3) is 0 Å². The molecule has 0 spiro atoms. The van der Waals surface area contributed by atoms with Crippen LogP contribution in [0.5, 0.6) is 17.2 Å². The van der Waals surface area contributed by atoms with Crippen molar-refractivity contribution in [3.63, 3.8) is 0 Å². The van der Waals surface area contributed by atoms with E-state index >= 15 is 0 Å². The van der Waals surface area contributed by atoms with Crippen LogP contribution in [0.25, 0.3) is 0 Å². The lowest BCUT2D eigenvalue weighted by atomic mass is 10.1. The van der Waals surface area contributed by atoms with Gasteiger partial charge in [0.05, 0.1) is 26.0 Å². The van der Waals surface area contributed by atoms with E-state index in [0.29, 0.717) is 19.1 Å². The van der Waals surface area contributed by atoms with Crippen LogP contribution in [0.2, 0.25) is 0 Å². The second-order valence-corrected chi connectivity index (χ2v) is 7.56. The van der Waals surface area contributed by atoms with Crippen LogP contribution in [0, 0.1) is 5.92 Å². The van der Waals surface area contributed by atoms with Gasteiger partial charge >= 0.3 is 0 Å². The number of methoxy groups -OCH3 is 1. The number of aliphatic imine (C=N–C) groups is 1. The minimum Gasteiger partial charge on any atom is -0.495 e. The molecule has 7 nitrogen and oxygen atoms in total. The van der Waals surface area contributed by atoms with Gasteiger partial charge in [-0.1, -0.05) is 12.1 Å². The normalized spacial score (nSPS) is 18.7. The van der Waals surface area contributed by atoms with E-state index in [1.54, 1.807) is 14.2 Å². The van der Waals surface area contributed by atoms with Crippen molar-refractivity contribution in [1.29, 1.82) is 0 Å². The van der Waals surface area contributed by atoms with E-state index in [9.17, 15) is 0 Å². The minimum atomic E-state index is 0.539. The summed E-state index contributed by atoms with van der Waals surface area (Å²) in [5.41, 5.74) is 2.09. The fourth-order valence-electron chi connectivity index (χ4n) is 3.91. The predicted molar refractivity (Wildman–Crippen MR) is 120 cm³/mol. The summed E-state index contributed by atoms with van der Waals surface area (Å²) in [6.45, 7) is 4.25. The highest BCUT2D eigenvalue weighted by atomic mass is 16.5. The van der Waals surface area contributed by atoms with Crippen molar-refractivity contribution < 1.29 is 14.2 Å². The molecule has 0 radical (unpaired) electrons. The monoisotopic (exact) mass is 410 g/mol. The molecule has 7 heteroatoms. The van der Waals surface area contributed by atoms with Gasteiger partial charge < -0.3 is 29.7 Å². The molecule has 1 fully saturated rings. The lowest BCUT2D eigenvalue weighted by Gasteiger charge is -2.21. The van der Waals surface area contributed by atoms with Gasteiger partial charge in [0.1, 0.15) is 5.75 Å². The molecule has 160 valence electrons. The van der Waals surface area contributed by atoms with Gasteiger partial charge in [-0.05, 0) is 36.6 Å². The van der Waals surface area contributed by atoms with Crippen LogP contribution in [-0.4, -0.2) is 53.0 Å². The van der Waals surface area contributed by atoms with Crippen molar-refractivity contribution in [1.82, 2.24) is 5.32 Å². The summed E-state index contributed by atoms with van der Waals surface area (Å²) in [5.74, 6) is 3.79. The van der Waals surface area contributed by atoms with Gasteiger partial charge in [-0.3, -0.25) is 4.99 Å². The van der Waals surface area contributed by atoms with Gasteiger partial charge in [0, 0.05) is 44.9 Å². The Morgan fingerprint density at radius 2 is 2.00 bits per heavy atom. The number of hydrogen-bond donors (Lipinski definition) is 2. The summed E-state index contributed by atoms with van der Waals surface area (Å²) in [6, 6.07) is 14.1. The number of nitrogens with one attached hydrogen (secondary N) is 2. The number of anilines is 2. The summed E-state index contributed by atoms with van der Waals surface area (Å²) >= 11 is 0. The number of nitrogens with zero attached hydrogens (tertiary/aromatic N) is 2. The summed E-state index contributed by atoms with van der Waals surface area (Å²) in [5, 5.41) is 6.82. The van der Waals surface area contributed by atoms with Crippen molar-refractivity contribution in [2.75, 3.05) is 57.2 Å². The number of rotatable bonds is 5. The zero-order valence-electron chi connectivity index (χ0n) is 17.7. The quantitative estimate of drug-likeness (QED) is 0.582. The first-order chi connectivity index (χ1) is 14.8. The topological polar surface area (TPSA) is 67.4 Å². The Kier molecular flexibility index (Phi) is 6.47. The first-order valence-electron chi connectivity index (χ1n) is 10.5. The molecule has 2 aliphatic rings. The molecule has 4 rings (SSSR count). The van der Waals surface area contributed by atoms with Crippen LogP contribution in [0.1, 0.15) is 12.8 Å². The highest BCUT2D eigenvalue weighted by Gasteiger charge is 2.24. The van der Waals surface area contributed by atoms with Crippen LogP contribution < -0.4 is 29.7 Å². The number of hydrogen-bond acceptors (Lipinski definition) is 5. The maximum absolute atomic E-state index is 5.78. The first-order valence-corrected chi connectivity index (χ1v) is 10.5. The fraction of sp³-hybridized carbons (Fsp3) is 0.435. The van der Waals surface area contributed by atoms with Crippen molar-refractivity contribution in [2.24, 2.45) is 10.9 Å². The van der Waals surface area contributed by atoms with Gasteiger partial charge in [0.15, 0.2) is 17.5 Å². The lowest BCUT2D eigenvalue weighted by molar-refractivity contribution is 0.297. The van der Waals surface area contributed by atoms with Crippen LogP contribution >= 0.6 is 0 Å². The summed E-state index contributed by atoms with van der Waals surface area (Å²) in [6.07, 6.45) is 2.03. The molecule has 2 heterocycles. The van der Waals surface area contributed by atoms with Gasteiger partial charge in [-0.25, -0.2) is 0 Å². The highest BCUT2D eigenvalue weighted by Crippen LogP contribution is 2.33. The molecule has 1 unspecified atom stereocenters. The average molecular weight is 411 g/mol. The smallest absolute Gasteiger partial charge is 0.195 e. The van der Waals surface area contributed by atoms with Gasteiger partial charge in [-0.2, -0.15) is 0 Å². The number of fused-ring (bicyclic) bond motifs is 1. The SMILES string of the molecule is CN=C(NCC1CCN(c2ccccc2OC)C1)Nc1ccc2c(c1)OCCCO2. The van der Waals surface area contributed by atoms with Crippen LogP contribution in [0.15, 0.2) is 47.5 Å². The number of ether oxygens (including phenoxy) is 3. The molecule has 30 heavy (non-hydrogen) atoms. The number of benzene rings is 2. The Bertz CT molecular complexity index is 887. The van der Waals surface area contributed by atoms with E-state index in [0.717, 1.165) is 67.1 Å². The third-order valence-electron chi connectivity index (χ3n) is 5.50. The molecule has 0 aliphatic carbocycles. The zero-order valence-corrected chi connectivity index (χ0v) is 17.7. The molecule has 0 bridgehead atoms. The van der Waals surface area contributed by atoms with E-state index in [1.807, 2.05) is 30.3 Å². The Labute approximate surface area is 178 Å². The fourth-order valence-corrected chi connectivity index (χ4v) is 3.91. The highest BCUT2D eigenvalue weighted by molar-refractivity contribution is 5.93. The molecule has 2 aromatic carbocycles. The van der Waals surface area contributed by atoms with E-state index in [4.69, 9.17) is 14.2 Å². The first kappa shape index (κ1) is 20.2. The molecule has 0 amide bonds. The van der Waals surface area contributed by atoms with Crippen LogP contribution in [0.4, 0.5) is 11.4 Å². The molecule has 1 atom stereocenters. The summed E-state index contributed by atoms with van der Waals surface area (Å²) < 4.78 is 17.0. The minimum absolute atomic E-state index is 0.539. The van der Waals surface area contributed by atoms with Crippen molar-refractivity contribution in [3.05, 3.63) is 42.5 Å². The van der Waals surface area contributed by atoms with Crippen LogP contribution in [0.3, 0.4) is 0 Å². The summed E-state index contributed by atoms with van der Waals surface area (Å²) in [7, 11) is 3.51. The van der Waals surface area contributed by atoms with Gasteiger partial charge in [-0.15, -0.1) is 0 Å². The number of guanidine groups is 1.